The van der Waals surface area contributed by atoms with Crippen LogP contribution < -0.4 is 0 Å². The smallest absolute Gasteiger partial charge is 0.0743 e. The van der Waals surface area contributed by atoms with Gasteiger partial charge in [0.05, 0.1) is 18.3 Å². The van der Waals surface area contributed by atoms with Gasteiger partial charge in [0.1, 0.15) is 0 Å². The molecule has 0 heterocycles. The summed E-state index contributed by atoms with van der Waals surface area (Å²) in [6.07, 6.45) is 12.5. The summed E-state index contributed by atoms with van der Waals surface area (Å²) in [6, 6.07) is 0. The van der Waals surface area contributed by atoms with Gasteiger partial charge >= 0.3 is 0 Å². The molecule has 12 atom stereocenters. The lowest BCUT2D eigenvalue weighted by molar-refractivity contribution is -0.202. The number of hydrogen-bond acceptors (Lipinski definition) is 3. The third-order valence-electron chi connectivity index (χ3n) is 11.4. The molecule has 0 aromatic rings. The predicted molar refractivity (Wildman–Crippen MR) is 131 cm³/mol. The zero-order valence-corrected chi connectivity index (χ0v) is 21.5. The summed E-state index contributed by atoms with van der Waals surface area (Å²) in [5.41, 5.74) is 0.556. The summed E-state index contributed by atoms with van der Waals surface area (Å²) in [5.74, 6) is 3.77. The van der Waals surface area contributed by atoms with Crippen LogP contribution in [0.2, 0.25) is 0 Å². The zero-order chi connectivity index (χ0) is 23.4. The van der Waals surface area contributed by atoms with Crippen molar-refractivity contribution in [3.05, 3.63) is 12.2 Å². The van der Waals surface area contributed by atoms with Crippen molar-refractivity contribution in [2.75, 3.05) is 0 Å². The Morgan fingerprint density at radius 2 is 1.53 bits per heavy atom. The normalized spacial score (nSPS) is 50.7. The van der Waals surface area contributed by atoms with Gasteiger partial charge in [0.15, 0.2) is 0 Å². The minimum atomic E-state index is -0.359. The van der Waals surface area contributed by atoms with E-state index in [0.717, 1.165) is 25.7 Å². The van der Waals surface area contributed by atoms with Crippen LogP contribution in [0.3, 0.4) is 0 Å². The first kappa shape index (κ1) is 24.7. The molecule has 3 nitrogen and oxygen atoms in total. The lowest BCUT2D eigenvalue weighted by Gasteiger charge is -2.64. The molecule has 184 valence electrons. The molecular weight excluding hydrogens is 396 g/mol. The van der Waals surface area contributed by atoms with Crippen molar-refractivity contribution in [2.24, 2.45) is 58.2 Å². The van der Waals surface area contributed by atoms with Gasteiger partial charge in [-0.25, -0.2) is 0 Å². The summed E-state index contributed by atoms with van der Waals surface area (Å²) in [5, 5.41) is 32.5. The van der Waals surface area contributed by atoms with Crippen molar-refractivity contribution in [3.8, 4) is 0 Å². The fourth-order valence-corrected chi connectivity index (χ4v) is 9.51. The summed E-state index contributed by atoms with van der Waals surface area (Å²) in [4.78, 5) is 0. The van der Waals surface area contributed by atoms with E-state index in [1.54, 1.807) is 0 Å². The second-order valence-corrected chi connectivity index (χ2v) is 13.1. The van der Waals surface area contributed by atoms with Crippen LogP contribution in [0.25, 0.3) is 0 Å². The number of allylic oxidation sites excluding steroid dienone is 1. The monoisotopic (exact) mass is 446 g/mol. The Morgan fingerprint density at radius 1 is 0.875 bits per heavy atom. The fraction of sp³-hybridized carbons (Fsp3) is 0.931. The Morgan fingerprint density at radius 3 is 2.19 bits per heavy atom. The molecule has 4 fully saturated rings. The highest BCUT2D eigenvalue weighted by atomic mass is 16.3. The van der Waals surface area contributed by atoms with Crippen LogP contribution in [-0.4, -0.2) is 33.6 Å². The van der Waals surface area contributed by atoms with E-state index in [4.69, 9.17) is 0 Å². The Bertz CT molecular complexity index is 688. The summed E-state index contributed by atoms with van der Waals surface area (Å²) in [7, 11) is 0. The van der Waals surface area contributed by atoms with Crippen LogP contribution in [0.4, 0.5) is 0 Å². The van der Waals surface area contributed by atoms with Crippen LogP contribution in [0.5, 0.6) is 0 Å². The second kappa shape index (κ2) is 9.00. The summed E-state index contributed by atoms with van der Waals surface area (Å²) >= 11 is 0. The van der Waals surface area contributed by atoms with E-state index in [-0.39, 0.29) is 35.1 Å². The number of aliphatic hydroxyl groups is 3. The molecule has 4 aliphatic rings. The number of hydrogen-bond donors (Lipinski definition) is 3. The third-order valence-corrected chi connectivity index (χ3v) is 11.4. The topological polar surface area (TPSA) is 60.7 Å². The quantitative estimate of drug-likeness (QED) is 0.466. The Kier molecular flexibility index (Phi) is 6.96. The zero-order valence-electron chi connectivity index (χ0n) is 21.5. The molecule has 0 radical (unpaired) electrons. The molecular formula is C29H50O3. The van der Waals surface area contributed by atoms with Gasteiger partial charge in [-0.1, -0.05) is 60.1 Å². The number of fused-ring (bicyclic) bond motifs is 5. The van der Waals surface area contributed by atoms with Gasteiger partial charge in [0, 0.05) is 0 Å². The molecule has 0 saturated heterocycles. The fourth-order valence-electron chi connectivity index (χ4n) is 9.51. The largest absolute Gasteiger partial charge is 0.393 e. The first-order valence-electron chi connectivity index (χ1n) is 13.8. The van der Waals surface area contributed by atoms with Crippen molar-refractivity contribution in [2.45, 2.75) is 111 Å². The van der Waals surface area contributed by atoms with Gasteiger partial charge in [0.2, 0.25) is 0 Å². The van der Waals surface area contributed by atoms with Gasteiger partial charge in [-0.15, -0.1) is 0 Å². The van der Waals surface area contributed by atoms with Crippen molar-refractivity contribution in [1.82, 2.24) is 0 Å². The summed E-state index contributed by atoms with van der Waals surface area (Å²) in [6.45, 7) is 13.8. The lowest BCUT2D eigenvalue weighted by Crippen LogP contribution is -2.62. The van der Waals surface area contributed by atoms with E-state index in [1.807, 2.05) is 6.08 Å². The first-order valence-corrected chi connectivity index (χ1v) is 13.8. The van der Waals surface area contributed by atoms with E-state index >= 15 is 0 Å². The van der Waals surface area contributed by atoms with Crippen molar-refractivity contribution < 1.29 is 15.3 Å². The lowest BCUT2D eigenvalue weighted by atomic mass is 9.41. The van der Waals surface area contributed by atoms with E-state index in [2.05, 4.69) is 47.6 Å². The average Bonchev–Trinajstić information content (AvgIpc) is 3.10. The molecule has 0 aromatic carbocycles. The maximum atomic E-state index is 11.8. The number of rotatable bonds is 5. The molecule has 0 bridgehead atoms. The maximum Gasteiger partial charge on any atom is 0.0743 e. The Hall–Kier alpha value is -0.380. The minimum absolute atomic E-state index is 0.176. The van der Waals surface area contributed by atoms with Gasteiger partial charge in [-0.3, -0.25) is 0 Å². The molecule has 0 spiro atoms. The number of aliphatic hydroxyl groups excluding tert-OH is 3. The minimum Gasteiger partial charge on any atom is -0.393 e. The average molecular weight is 447 g/mol. The van der Waals surface area contributed by atoms with Crippen LogP contribution in [0.1, 0.15) is 92.9 Å². The molecule has 2 unspecified atom stereocenters. The maximum absolute atomic E-state index is 11.8. The van der Waals surface area contributed by atoms with Crippen LogP contribution in [0, 0.1) is 58.2 Å². The van der Waals surface area contributed by atoms with Gasteiger partial charge in [-0.2, -0.15) is 0 Å². The highest BCUT2D eigenvalue weighted by Gasteiger charge is 2.64. The van der Waals surface area contributed by atoms with Crippen molar-refractivity contribution in [1.29, 1.82) is 0 Å². The molecule has 32 heavy (non-hydrogen) atoms. The molecule has 4 rings (SSSR count). The van der Waals surface area contributed by atoms with E-state index < -0.39 is 0 Å². The predicted octanol–water partition coefficient (Wildman–Crippen LogP) is 5.82. The molecule has 3 heteroatoms. The van der Waals surface area contributed by atoms with Crippen LogP contribution in [-0.2, 0) is 0 Å². The second-order valence-electron chi connectivity index (χ2n) is 13.1. The highest BCUT2D eigenvalue weighted by Crippen LogP contribution is 2.69. The van der Waals surface area contributed by atoms with Gasteiger partial charge in [0.25, 0.3) is 0 Å². The molecule has 0 aliphatic heterocycles. The molecule has 4 saturated carbocycles. The highest BCUT2D eigenvalue weighted by molar-refractivity contribution is 5.14. The first-order chi connectivity index (χ1) is 15.0. The van der Waals surface area contributed by atoms with Crippen molar-refractivity contribution >= 4 is 0 Å². The van der Waals surface area contributed by atoms with Crippen LogP contribution in [0.15, 0.2) is 12.2 Å². The SMILES string of the molecule is CC[C@H]1[C@@H](O)[C@@H]2[C@H](CC[C@]3(C)[C@@H](C(C)C=CC(O)C(C)C)CC[C@@H]23)[C@@]2(C)CC[C@@H](O)C[C@@H]12. The summed E-state index contributed by atoms with van der Waals surface area (Å²) < 4.78 is 0. The van der Waals surface area contributed by atoms with Crippen LogP contribution >= 0.6 is 0 Å². The van der Waals surface area contributed by atoms with Gasteiger partial charge < -0.3 is 15.3 Å². The van der Waals surface area contributed by atoms with Gasteiger partial charge in [-0.05, 0) is 103 Å². The van der Waals surface area contributed by atoms with Crippen molar-refractivity contribution in [3.63, 3.8) is 0 Å². The standard InChI is InChI=1S/C29H50O3/c1-7-20-24-16-19(30)12-14-29(24,6)23-13-15-28(5)21(9-10-22(28)26(23)27(20)32)18(4)8-11-25(31)17(2)3/h8,11,17-27,30-32H,7,9-10,12-16H2,1-6H3/t18?,19-,20-,21-,22+,23+,24+,25?,26+,27-,28-,29-/m1/s1. The Balaban J connectivity index is 1.60. The molecule has 4 aliphatic carbocycles. The van der Waals surface area contributed by atoms with E-state index in [0.29, 0.717) is 41.4 Å². The third kappa shape index (κ3) is 3.83. The molecule has 0 aromatic heterocycles. The van der Waals surface area contributed by atoms with E-state index in [9.17, 15) is 15.3 Å². The molecule has 0 amide bonds. The molecule has 3 N–H and O–H groups in total. The van der Waals surface area contributed by atoms with E-state index in [1.165, 1.54) is 25.7 Å². The Labute approximate surface area is 197 Å².